The van der Waals surface area contributed by atoms with Gasteiger partial charge in [0.1, 0.15) is 11.2 Å². The lowest BCUT2D eigenvalue weighted by Gasteiger charge is -2.43. The molecule has 0 unspecified atom stereocenters. The minimum Gasteiger partial charge on any atom is -0.444 e. The fourth-order valence-corrected chi connectivity index (χ4v) is 4.04. The lowest BCUT2D eigenvalue weighted by atomic mass is 9.83. The molecular weight excluding hydrogens is 256 g/mol. The zero-order valence-corrected chi connectivity index (χ0v) is 13.0. The van der Waals surface area contributed by atoms with Crippen molar-refractivity contribution >= 4 is 6.09 Å². The van der Waals surface area contributed by atoms with Crippen molar-refractivity contribution < 1.29 is 14.3 Å². The van der Waals surface area contributed by atoms with E-state index in [1.54, 1.807) is 0 Å². The normalized spacial score (nSPS) is 37.7. The molecule has 5 nitrogen and oxygen atoms in total. The monoisotopic (exact) mass is 282 g/mol. The molecule has 0 saturated carbocycles. The van der Waals surface area contributed by atoms with Gasteiger partial charge in [0.25, 0.3) is 0 Å². The van der Waals surface area contributed by atoms with Gasteiger partial charge in [-0.3, -0.25) is 4.90 Å². The molecule has 3 rings (SSSR count). The van der Waals surface area contributed by atoms with Crippen LogP contribution in [0.4, 0.5) is 4.79 Å². The number of hydrogen-bond acceptors (Lipinski definition) is 4. The van der Waals surface area contributed by atoms with Crippen LogP contribution >= 0.6 is 0 Å². The largest absolute Gasteiger partial charge is 0.444 e. The van der Waals surface area contributed by atoms with Gasteiger partial charge in [0.15, 0.2) is 0 Å². The third kappa shape index (κ3) is 2.31. The smallest absolute Gasteiger partial charge is 0.410 e. The number of carbonyl (C=O) groups is 1. The van der Waals surface area contributed by atoms with E-state index >= 15 is 0 Å². The maximum atomic E-state index is 12.5. The number of hydrogen-bond donors (Lipinski definition) is 0. The van der Waals surface area contributed by atoms with Crippen molar-refractivity contribution in [2.24, 2.45) is 0 Å². The molecule has 0 aromatic carbocycles. The van der Waals surface area contributed by atoms with Crippen LogP contribution in [0.3, 0.4) is 0 Å². The van der Waals surface area contributed by atoms with Crippen LogP contribution in [0.5, 0.6) is 0 Å². The third-order valence-corrected chi connectivity index (χ3v) is 4.70. The highest BCUT2D eigenvalue weighted by Gasteiger charge is 2.60. The summed E-state index contributed by atoms with van der Waals surface area (Å²) >= 11 is 0. The van der Waals surface area contributed by atoms with Crippen molar-refractivity contribution in [3.8, 4) is 0 Å². The van der Waals surface area contributed by atoms with E-state index < -0.39 is 5.60 Å². The molecule has 2 bridgehead atoms. The minimum absolute atomic E-state index is 0.160. The molecule has 3 heterocycles. The molecular formula is C15H26N2O3. The van der Waals surface area contributed by atoms with Gasteiger partial charge in [0.2, 0.25) is 0 Å². The topological polar surface area (TPSA) is 42.0 Å². The number of nitrogens with zero attached hydrogens (tertiary/aromatic N) is 2. The van der Waals surface area contributed by atoms with E-state index in [4.69, 9.17) is 9.47 Å². The summed E-state index contributed by atoms with van der Waals surface area (Å²) in [5, 5.41) is 0. The van der Waals surface area contributed by atoms with E-state index in [1.165, 1.54) is 0 Å². The number of amides is 1. The molecule has 114 valence electrons. The van der Waals surface area contributed by atoms with Crippen molar-refractivity contribution in [3.05, 3.63) is 0 Å². The van der Waals surface area contributed by atoms with Crippen LogP contribution in [0.25, 0.3) is 0 Å². The number of rotatable bonds is 0. The first-order valence-electron chi connectivity index (χ1n) is 7.65. The van der Waals surface area contributed by atoms with Gasteiger partial charge in [-0.1, -0.05) is 0 Å². The van der Waals surface area contributed by atoms with Gasteiger partial charge in [-0.05, 0) is 40.7 Å². The molecule has 3 fully saturated rings. The minimum atomic E-state index is -0.434. The number of likely N-dealkylation sites (N-methyl/N-ethyl adjacent to an activating group) is 1. The summed E-state index contributed by atoms with van der Waals surface area (Å²) in [4.78, 5) is 16.7. The Balaban J connectivity index is 1.77. The highest BCUT2D eigenvalue weighted by Crippen LogP contribution is 2.48. The Labute approximate surface area is 121 Å². The van der Waals surface area contributed by atoms with Gasteiger partial charge < -0.3 is 14.4 Å². The molecule has 3 atom stereocenters. The van der Waals surface area contributed by atoms with Crippen LogP contribution in [-0.4, -0.2) is 65.9 Å². The number of fused-ring (bicyclic) bond motifs is 3. The van der Waals surface area contributed by atoms with Crippen molar-refractivity contribution in [3.63, 3.8) is 0 Å². The molecule has 20 heavy (non-hydrogen) atoms. The molecule has 0 radical (unpaired) electrons. The van der Waals surface area contributed by atoms with E-state index in [2.05, 4.69) is 11.9 Å². The van der Waals surface area contributed by atoms with Crippen LogP contribution in [0, 0.1) is 0 Å². The summed E-state index contributed by atoms with van der Waals surface area (Å²) in [5.41, 5.74) is -0.594. The van der Waals surface area contributed by atoms with Crippen LogP contribution in [-0.2, 0) is 9.47 Å². The second kappa shape index (κ2) is 4.60. The summed E-state index contributed by atoms with van der Waals surface area (Å²) in [7, 11) is 2.13. The van der Waals surface area contributed by atoms with E-state index in [9.17, 15) is 4.79 Å². The molecule has 3 saturated heterocycles. The molecule has 0 N–H and O–H groups in total. The second-order valence-corrected chi connectivity index (χ2v) is 7.49. The molecule has 3 aliphatic heterocycles. The average Bonchev–Trinajstić information content (AvgIpc) is 2.81. The van der Waals surface area contributed by atoms with E-state index in [-0.39, 0.29) is 17.7 Å². The Morgan fingerprint density at radius 3 is 2.75 bits per heavy atom. The van der Waals surface area contributed by atoms with Crippen LogP contribution in [0.2, 0.25) is 0 Å². The summed E-state index contributed by atoms with van der Waals surface area (Å²) in [6.07, 6.45) is 2.91. The number of morpholine rings is 1. The number of carbonyl (C=O) groups excluding carboxylic acids is 1. The standard InChI is InChI=1S/C15H26N2O3/c1-14(2,3)20-13(18)17-11-5-6-12(17)15(9-11)10-16(4)7-8-19-15/h11-12H,5-10H2,1-4H3/t11-,12+,15+/m1/s1. The summed E-state index contributed by atoms with van der Waals surface area (Å²) < 4.78 is 11.7. The van der Waals surface area contributed by atoms with Gasteiger partial charge in [-0.25, -0.2) is 4.79 Å². The van der Waals surface area contributed by atoms with Gasteiger partial charge in [-0.15, -0.1) is 0 Å². The highest BCUT2D eigenvalue weighted by molar-refractivity contribution is 5.70. The molecule has 1 amide bonds. The SMILES string of the molecule is CN1CCO[C@@]2(C[C@H]3CC[C@@H]2N3C(=O)OC(C)(C)C)C1. The predicted octanol–water partition coefficient (Wildman–Crippen LogP) is 1.86. The fraction of sp³-hybridized carbons (Fsp3) is 0.933. The number of ether oxygens (including phenoxy) is 2. The van der Waals surface area contributed by atoms with Crippen molar-refractivity contribution in [2.75, 3.05) is 26.7 Å². The predicted molar refractivity (Wildman–Crippen MR) is 75.7 cm³/mol. The lowest BCUT2D eigenvalue weighted by Crippen LogP contribution is -2.57. The third-order valence-electron chi connectivity index (χ3n) is 4.70. The quantitative estimate of drug-likeness (QED) is 0.680. The van der Waals surface area contributed by atoms with Crippen molar-refractivity contribution in [1.82, 2.24) is 9.80 Å². The van der Waals surface area contributed by atoms with Gasteiger partial charge in [0.05, 0.1) is 12.6 Å². The van der Waals surface area contributed by atoms with Gasteiger partial charge >= 0.3 is 6.09 Å². The summed E-state index contributed by atoms with van der Waals surface area (Å²) in [6, 6.07) is 0.478. The van der Waals surface area contributed by atoms with Crippen molar-refractivity contribution in [1.29, 1.82) is 0 Å². The van der Waals surface area contributed by atoms with E-state index in [0.29, 0.717) is 6.04 Å². The van der Waals surface area contributed by atoms with Gasteiger partial charge in [0, 0.05) is 25.6 Å². The molecule has 1 spiro atoms. The second-order valence-electron chi connectivity index (χ2n) is 7.49. The van der Waals surface area contributed by atoms with Crippen LogP contribution in [0.1, 0.15) is 40.0 Å². The molecule has 0 aromatic heterocycles. The Bertz CT molecular complexity index is 406. The maximum absolute atomic E-state index is 12.5. The maximum Gasteiger partial charge on any atom is 0.410 e. The van der Waals surface area contributed by atoms with E-state index in [1.807, 2.05) is 25.7 Å². The zero-order valence-electron chi connectivity index (χ0n) is 13.0. The first-order chi connectivity index (χ1) is 9.31. The van der Waals surface area contributed by atoms with E-state index in [0.717, 1.165) is 39.0 Å². The lowest BCUT2D eigenvalue weighted by molar-refractivity contribution is -0.121. The average molecular weight is 282 g/mol. The first-order valence-corrected chi connectivity index (χ1v) is 7.65. The Hall–Kier alpha value is -0.810. The Morgan fingerprint density at radius 1 is 1.35 bits per heavy atom. The Kier molecular flexibility index (Phi) is 3.25. The molecule has 0 aromatic rings. The van der Waals surface area contributed by atoms with Gasteiger partial charge in [-0.2, -0.15) is 0 Å². The Morgan fingerprint density at radius 2 is 2.10 bits per heavy atom. The zero-order chi connectivity index (χ0) is 14.5. The van der Waals surface area contributed by atoms with Crippen LogP contribution < -0.4 is 0 Å². The van der Waals surface area contributed by atoms with Crippen LogP contribution in [0.15, 0.2) is 0 Å². The first kappa shape index (κ1) is 14.1. The molecule has 3 aliphatic rings. The fourth-order valence-electron chi connectivity index (χ4n) is 4.04. The van der Waals surface area contributed by atoms with Crippen molar-refractivity contribution in [2.45, 2.75) is 63.3 Å². The molecule has 0 aliphatic carbocycles. The molecule has 5 heteroatoms. The summed E-state index contributed by atoms with van der Waals surface area (Å²) in [5.74, 6) is 0. The highest BCUT2D eigenvalue weighted by atomic mass is 16.6. The summed E-state index contributed by atoms with van der Waals surface area (Å²) in [6.45, 7) is 8.43.